The Labute approximate surface area is 160 Å². The van der Waals surface area contributed by atoms with Crippen molar-refractivity contribution < 1.29 is 0 Å². The van der Waals surface area contributed by atoms with E-state index in [-0.39, 0.29) is 0 Å². The number of hydrogen-bond acceptors (Lipinski definition) is 6. The van der Waals surface area contributed by atoms with Crippen LogP contribution in [0.5, 0.6) is 0 Å². The second-order valence-electron chi connectivity index (χ2n) is 6.29. The maximum atomic E-state index is 5.54. The van der Waals surface area contributed by atoms with Gasteiger partial charge in [-0.05, 0) is 61.1 Å². The van der Waals surface area contributed by atoms with Gasteiger partial charge in [0, 0.05) is 23.2 Å². The highest BCUT2D eigenvalue weighted by Gasteiger charge is 2.25. The van der Waals surface area contributed by atoms with Crippen molar-refractivity contribution in [3.05, 3.63) is 55.7 Å². The van der Waals surface area contributed by atoms with Gasteiger partial charge in [0.15, 0.2) is 3.95 Å². The molecular formula is C18H20N4S3. The van der Waals surface area contributed by atoms with Crippen molar-refractivity contribution in [3.63, 3.8) is 0 Å². The largest absolute Gasteiger partial charge is 0.330 e. The molecule has 2 aromatic heterocycles. The lowest BCUT2D eigenvalue weighted by atomic mass is 10.0. The topological polar surface area (TPSA) is 33.1 Å². The van der Waals surface area contributed by atoms with Crippen LogP contribution in [0, 0.1) is 10.9 Å². The third-order valence-electron chi connectivity index (χ3n) is 4.71. The van der Waals surface area contributed by atoms with Gasteiger partial charge in [-0.2, -0.15) is 0 Å². The Kier molecular flexibility index (Phi) is 4.73. The Morgan fingerprint density at radius 3 is 3.00 bits per heavy atom. The SMILES string of the molecule is Cc1ccccc1Nc1nn(CN2CCc3sccc3[C@H]2C)c(=S)s1. The van der Waals surface area contributed by atoms with Gasteiger partial charge in [0.2, 0.25) is 5.13 Å². The molecule has 0 aliphatic carbocycles. The molecule has 1 atom stereocenters. The number of hydrogen-bond donors (Lipinski definition) is 1. The van der Waals surface area contributed by atoms with E-state index >= 15 is 0 Å². The quantitative estimate of drug-likeness (QED) is 0.610. The molecule has 4 nitrogen and oxygen atoms in total. The summed E-state index contributed by atoms with van der Waals surface area (Å²) >= 11 is 8.94. The van der Waals surface area contributed by atoms with Crippen molar-refractivity contribution in [2.45, 2.75) is 33.0 Å². The lowest BCUT2D eigenvalue weighted by Crippen LogP contribution is -2.35. The van der Waals surface area contributed by atoms with Gasteiger partial charge in [0.1, 0.15) is 0 Å². The first-order valence-electron chi connectivity index (χ1n) is 8.33. The number of thiophene rings is 1. The smallest absolute Gasteiger partial charge is 0.209 e. The average molecular weight is 389 g/mol. The number of para-hydroxylation sites is 1. The number of nitrogens with zero attached hydrogens (tertiary/aromatic N) is 3. The molecule has 0 spiro atoms. The number of aromatic nitrogens is 2. The summed E-state index contributed by atoms with van der Waals surface area (Å²) < 4.78 is 2.74. The number of rotatable bonds is 4. The normalized spacial score (nSPS) is 17.4. The van der Waals surface area contributed by atoms with Crippen molar-refractivity contribution >= 4 is 45.7 Å². The van der Waals surface area contributed by atoms with Gasteiger partial charge >= 0.3 is 0 Å². The van der Waals surface area contributed by atoms with Crippen molar-refractivity contribution in [1.82, 2.24) is 14.7 Å². The number of nitrogens with one attached hydrogen (secondary N) is 1. The van der Waals surface area contributed by atoms with Crippen LogP contribution in [0.15, 0.2) is 35.7 Å². The molecule has 1 aromatic carbocycles. The zero-order valence-corrected chi connectivity index (χ0v) is 16.7. The Morgan fingerprint density at radius 1 is 1.32 bits per heavy atom. The van der Waals surface area contributed by atoms with E-state index in [9.17, 15) is 0 Å². The number of benzene rings is 1. The van der Waals surface area contributed by atoms with Gasteiger partial charge in [-0.1, -0.05) is 29.5 Å². The minimum Gasteiger partial charge on any atom is -0.330 e. The third kappa shape index (κ3) is 3.42. The van der Waals surface area contributed by atoms with Crippen molar-refractivity contribution in [1.29, 1.82) is 0 Å². The molecule has 0 radical (unpaired) electrons. The predicted molar refractivity (Wildman–Crippen MR) is 109 cm³/mol. The zero-order chi connectivity index (χ0) is 17.4. The highest BCUT2D eigenvalue weighted by atomic mass is 32.1. The first-order valence-corrected chi connectivity index (χ1v) is 10.4. The Bertz CT molecular complexity index is 940. The van der Waals surface area contributed by atoms with Crippen LogP contribution >= 0.6 is 34.9 Å². The van der Waals surface area contributed by atoms with Crippen molar-refractivity contribution in [3.8, 4) is 0 Å². The van der Waals surface area contributed by atoms with Crippen LogP contribution in [0.25, 0.3) is 0 Å². The fourth-order valence-corrected chi connectivity index (χ4v) is 5.17. The lowest BCUT2D eigenvalue weighted by molar-refractivity contribution is 0.145. The number of fused-ring (bicyclic) bond motifs is 1. The van der Waals surface area contributed by atoms with Gasteiger partial charge in [0.25, 0.3) is 0 Å². The van der Waals surface area contributed by atoms with Crippen LogP contribution in [0.3, 0.4) is 0 Å². The zero-order valence-electron chi connectivity index (χ0n) is 14.2. The molecule has 0 fully saturated rings. The number of aryl methyl sites for hydroxylation is 1. The van der Waals surface area contributed by atoms with Crippen LogP contribution in [0.2, 0.25) is 0 Å². The summed E-state index contributed by atoms with van der Waals surface area (Å²) in [6, 6.07) is 10.9. The van der Waals surface area contributed by atoms with E-state index in [0.29, 0.717) is 6.04 Å². The Balaban J connectivity index is 1.52. The first-order chi connectivity index (χ1) is 12.1. The molecule has 0 saturated carbocycles. The molecule has 25 heavy (non-hydrogen) atoms. The summed E-state index contributed by atoms with van der Waals surface area (Å²) in [4.78, 5) is 3.97. The predicted octanol–water partition coefficient (Wildman–Crippen LogP) is 5.36. The van der Waals surface area contributed by atoms with Gasteiger partial charge in [-0.15, -0.1) is 16.4 Å². The molecule has 0 saturated heterocycles. The monoisotopic (exact) mass is 388 g/mol. The molecule has 4 rings (SSSR count). The average Bonchev–Trinajstić information content (AvgIpc) is 3.20. The Hall–Kier alpha value is -1.54. The van der Waals surface area contributed by atoms with E-state index < -0.39 is 0 Å². The highest BCUT2D eigenvalue weighted by Crippen LogP contribution is 2.33. The summed E-state index contributed by atoms with van der Waals surface area (Å²) in [5.41, 5.74) is 3.73. The second-order valence-corrected chi connectivity index (χ2v) is 8.91. The van der Waals surface area contributed by atoms with Crippen LogP contribution in [0.1, 0.15) is 29.0 Å². The van der Waals surface area contributed by atoms with Gasteiger partial charge in [-0.25, -0.2) is 4.68 Å². The molecule has 0 bridgehead atoms. The maximum absolute atomic E-state index is 5.54. The van der Waals surface area contributed by atoms with Gasteiger partial charge < -0.3 is 5.32 Å². The molecule has 1 aliphatic rings. The van der Waals surface area contributed by atoms with Crippen LogP contribution in [-0.4, -0.2) is 21.2 Å². The molecule has 0 unspecified atom stereocenters. The summed E-state index contributed by atoms with van der Waals surface area (Å²) in [7, 11) is 0. The minimum absolute atomic E-state index is 0.409. The van der Waals surface area contributed by atoms with E-state index in [2.05, 4.69) is 47.6 Å². The fourth-order valence-electron chi connectivity index (χ4n) is 3.20. The molecule has 7 heteroatoms. The minimum atomic E-state index is 0.409. The van der Waals surface area contributed by atoms with E-state index in [0.717, 1.165) is 34.4 Å². The molecule has 0 amide bonds. The standard InChI is InChI=1S/C18H20N4S3/c1-12-5-3-4-6-15(12)19-17-20-22(18(23)25-17)11-21-9-7-16-14(13(21)2)8-10-24-16/h3-6,8,10,13H,7,9,11H2,1-2H3,(H,19,20)/t13-/m1/s1. The second kappa shape index (κ2) is 6.99. The van der Waals surface area contributed by atoms with Crippen molar-refractivity contribution in [2.24, 2.45) is 0 Å². The Morgan fingerprint density at radius 2 is 2.16 bits per heavy atom. The van der Waals surface area contributed by atoms with Gasteiger partial charge in [-0.3, -0.25) is 4.90 Å². The van der Waals surface area contributed by atoms with Crippen molar-refractivity contribution in [2.75, 3.05) is 11.9 Å². The fraction of sp³-hybridized carbons (Fsp3) is 0.333. The summed E-state index contributed by atoms with van der Waals surface area (Å²) in [5, 5.41) is 11.1. The molecule has 3 aromatic rings. The third-order valence-corrected chi connectivity index (χ3v) is 6.93. The summed E-state index contributed by atoms with van der Waals surface area (Å²) in [6.45, 7) is 6.15. The molecular weight excluding hydrogens is 368 g/mol. The highest BCUT2D eigenvalue weighted by molar-refractivity contribution is 7.73. The first kappa shape index (κ1) is 16.9. The summed E-state index contributed by atoms with van der Waals surface area (Å²) in [6.07, 6.45) is 1.11. The number of anilines is 2. The van der Waals surface area contributed by atoms with E-state index in [4.69, 9.17) is 17.3 Å². The molecule has 3 heterocycles. The van der Waals surface area contributed by atoms with Crippen LogP contribution in [0.4, 0.5) is 10.8 Å². The lowest BCUT2D eigenvalue weighted by Gasteiger charge is -2.33. The molecule has 1 N–H and O–H groups in total. The van der Waals surface area contributed by atoms with Gasteiger partial charge in [0.05, 0.1) is 6.67 Å². The summed E-state index contributed by atoms with van der Waals surface area (Å²) in [5.74, 6) is 0. The van der Waals surface area contributed by atoms with E-state index in [1.54, 1.807) is 0 Å². The maximum Gasteiger partial charge on any atom is 0.209 e. The van der Waals surface area contributed by atoms with Crippen LogP contribution < -0.4 is 5.32 Å². The molecule has 1 aliphatic heterocycles. The van der Waals surface area contributed by atoms with E-state index in [1.807, 2.05) is 28.2 Å². The van der Waals surface area contributed by atoms with E-state index in [1.165, 1.54) is 27.3 Å². The molecule has 130 valence electrons. The van der Waals surface area contributed by atoms with Crippen LogP contribution in [-0.2, 0) is 13.1 Å².